The Bertz CT molecular complexity index is 963. The summed E-state index contributed by atoms with van der Waals surface area (Å²) in [4.78, 5) is 0. The zero-order valence-electron chi connectivity index (χ0n) is 28.2. The number of aryl methyl sites for hydroxylation is 2. The van der Waals surface area contributed by atoms with E-state index in [1.807, 2.05) is 13.0 Å². The molecule has 0 amide bonds. The Hall–Kier alpha value is -2.00. The second-order valence-electron chi connectivity index (χ2n) is 12.8. The molecule has 0 bridgehead atoms. The number of aromatic hydroxyl groups is 1. The minimum atomic E-state index is -0.0413. The second-order valence-corrected chi connectivity index (χ2v) is 12.8. The van der Waals surface area contributed by atoms with Gasteiger partial charge in [-0.05, 0) is 74.0 Å². The van der Waals surface area contributed by atoms with Crippen LogP contribution in [0.25, 0.3) is 0 Å². The second kappa shape index (κ2) is 21.7. The molecule has 2 aromatic rings. The molecule has 0 aliphatic rings. The number of hydrogen-bond acceptors (Lipinski definition) is 3. The Morgan fingerprint density at radius 1 is 0.595 bits per heavy atom. The van der Waals surface area contributed by atoms with E-state index in [1.165, 1.54) is 107 Å². The third-order valence-corrected chi connectivity index (χ3v) is 9.07. The first kappa shape index (κ1) is 36.2. The van der Waals surface area contributed by atoms with E-state index < -0.39 is 0 Å². The molecule has 2 rings (SSSR count). The first-order chi connectivity index (χ1) is 20.5. The molecular weight excluding hydrogens is 514 g/mol. The van der Waals surface area contributed by atoms with Crippen LogP contribution in [0, 0.1) is 13.8 Å². The van der Waals surface area contributed by atoms with Gasteiger partial charge in [-0.3, -0.25) is 0 Å². The van der Waals surface area contributed by atoms with Crippen molar-refractivity contribution in [1.29, 1.82) is 0 Å². The van der Waals surface area contributed by atoms with E-state index in [2.05, 4.69) is 63.3 Å². The zero-order valence-corrected chi connectivity index (χ0v) is 28.2. The van der Waals surface area contributed by atoms with Crippen LogP contribution in [-0.4, -0.2) is 24.8 Å². The van der Waals surface area contributed by atoms with Crippen LogP contribution >= 0.6 is 0 Å². The van der Waals surface area contributed by atoms with Gasteiger partial charge in [0, 0.05) is 12.0 Å². The number of benzene rings is 2. The van der Waals surface area contributed by atoms with Gasteiger partial charge in [0.1, 0.15) is 18.1 Å². The number of rotatable bonds is 25. The van der Waals surface area contributed by atoms with Crippen molar-refractivity contribution in [3.05, 3.63) is 58.7 Å². The van der Waals surface area contributed by atoms with Crippen LogP contribution in [0.4, 0.5) is 0 Å². The minimum Gasteiger partial charge on any atom is -0.508 e. The lowest BCUT2D eigenvalue weighted by Gasteiger charge is -2.36. The maximum absolute atomic E-state index is 10.1. The van der Waals surface area contributed by atoms with Crippen LogP contribution in [0.2, 0.25) is 0 Å². The van der Waals surface area contributed by atoms with Crippen LogP contribution < -0.4 is 10.1 Å². The molecule has 0 radical (unpaired) electrons. The number of phenols is 1. The minimum absolute atomic E-state index is 0.0413. The molecule has 238 valence electrons. The summed E-state index contributed by atoms with van der Waals surface area (Å²) >= 11 is 0. The Morgan fingerprint density at radius 3 is 1.60 bits per heavy atom. The summed E-state index contributed by atoms with van der Waals surface area (Å²) in [5.74, 6) is 1.36. The lowest BCUT2D eigenvalue weighted by Crippen LogP contribution is -2.28. The molecule has 2 aromatic carbocycles. The Labute approximate surface area is 260 Å². The molecule has 3 heteroatoms. The molecule has 2 N–H and O–H groups in total. The predicted molar refractivity (Wildman–Crippen MR) is 183 cm³/mol. The number of ether oxygens (including phenoxy) is 1. The highest BCUT2D eigenvalue weighted by Crippen LogP contribution is 2.43. The number of phenolic OH excluding ortho intramolecular Hbond substituents is 1. The SMILES string of the molecule is CCCCCCCCCCCCCCCCNCCOc1ccc(C(CCC)(CCC)c2ccc(O)c(C)c2)cc1C. The highest BCUT2D eigenvalue weighted by Gasteiger charge is 2.33. The molecule has 3 nitrogen and oxygen atoms in total. The van der Waals surface area contributed by atoms with Gasteiger partial charge in [-0.2, -0.15) is 0 Å². The van der Waals surface area contributed by atoms with Gasteiger partial charge in [0.15, 0.2) is 0 Å². The van der Waals surface area contributed by atoms with E-state index in [0.717, 1.165) is 50.1 Å². The molecule has 0 unspecified atom stereocenters. The lowest BCUT2D eigenvalue weighted by molar-refractivity contribution is 0.311. The third-order valence-electron chi connectivity index (χ3n) is 9.07. The molecule has 0 spiro atoms. The van der Waals surface area contributed by atoms with E-state index in [1.54, 1.807) is 0 Å². The third kappa shape index (κ3) is 12.7. The standard InChI is InChI=1S/C39H65NO2/c1-6-9-10-11-12-13-14-15-16-17-18-19-20-21-28-40-29-30-42-38-25-23-36(32-34(38)5)39(26-7-2,27-8-3)35-22-24-37(41)33(4)31-35/h22-25,31-32,40-41H,6-21,26-30H2,1-5H3. The summed E-state index contributed by atoms with van der Waals surface area (Å²) in [5.41, 5.74) is 4.77. The maximum Gasteiger partial charge on any atom is 0.122 e. The normalized spacial score (nSPS) is 11.7. The molecule has 0 fully saturated rings. The largest absolute Gasteiger partial charge is 0.508 e. The van der Waals surface area contributed by atoms with Gasteiger partial charge in [0.2, 0.25) is 0 Å². The van der Waals surface area contributed by atoms with Crippen LogP contribution in [0.5, 0.6) is 11.5 Å². The van der Waals surface area contributed by atoms with Crippen LogP contribution in [0.3, 0.4) is 0 Å². The van der Waals surface area contributed by atoms with Crippen molar-refractivity contribution in [3.8, 4) is 11.5 Å². The monoisotopic (exact) mass is 580 g/mol. The summed E-state index contributed by atoms with van der Waals surface area (Å²) in [7, 11) is 0. The topological polar surface area (TPSA) is 41.5 Å². The highest BCUT2D eigenvalue weighted by molar-refractivity contribution is 5.48. The van der Waals surface area contributed by atoms with E-state index in [4.69, 9.17) is 4.74 Å². The maximum atomic E-state index is 10.1. The summed E-state index contributed by atoms with van der Waals surface area (Å²) in [5, 5.41) is 13.7. The Balaban J connectivity index is 1.66. The summed E-state index contributed by atoms with van der Waals surface area (Å²) in [6, 6.07) is 13.0. The molecule has 0 aliphatic carbocycles. The smallest absolute Gasteiger partial charge is 0.122 e. The van der Waals surface area contributed by atoms with Crippen molar-refractivity contribution in [2.45, 2.75) is 156 Å². The van der Waals surface area contributed by atoms with Crippen molar-refractivity contribution in [2.75, 3.05) is 19.7 Å². The summed E-state index contributed by atoms with van der Waals surface area (Å²) in [6.07, 6.45) is 24.1. The quantitative estimate of drug-likeness (QED) is 0.115. The van der Waals surface area contributed by atoms with Crippen molar-refractivity contribution in [2.24, 2.45) is 0 Å². The molecule has 0 aromatic heterocycles. The Morgan fingerprint density at radius 2 is 1.10 bits per heavy atom. The first-order valence-electron chi connectivity index (χ1n) is 17.7. The van der Waals surface area contributed by atoms with Gasteiger partial charge in [0.05, 0.1) is 0 Å². The fraction of sp³-hybridized carbons (Fsp3) is 0.692. The fourth-order valence-corrected chi connectivity index (χ4v) is 6.59. The van der Waals surface area contributed by atoms with E-state index in [0.29, 0.717) is 12.4 Å². The van der Waals surface area contributed by atoms with Gasteiger partial charge in [-0.15, -0.1) is 0 Å². The first-order valence-corrected chi connectivity index (χ1v) is 17.7. The molecular formula is C39H65NO2. The van der Waals surface area contributed by atoms with Gasteiger partial charge < -0.3 is 15.2 Å². The average Bonchev–Trinajstić information content (AvgIpc) is 2.98. The molecule has 0 heterocycles. The van der Waals surface area contributed by atoms with Gasteiger partial charge in [0.25, 0.3) is 0 Å². The number of unbranched alkanes of at least 4 members (excludes halogenated alkanes) is 13. The number of hydrogen-bond donors (Lipinski definition) is 2. The number of nitrogens with one attached hydrogen (secondary N) is 1. The summed E-state index contributed by atoms with van der Waals surface area (Å²) < 4.78 is 6.19. The fourth-order valence-electron chi connectivity index (χ4n) is 6.59. The van der Waals surface area contributed by atoms with Gasteiger partial charge in [-0.25, -0.2) is 0 Å². The zero-order chi connectivity index (χ0) is 30.5. The Kier molecular flexibility index (Phi) is 18.7. The van der Waals surface area contributed by atoms with Crippen LogP contribution in [0.1, 0.15) is 159 Å². The van der Waals surface area contributed by atoms with Crippen molar-refractivity contribution < 1.29 is 9.84 Å². The average molecular weight is 580 g/mol. The van der Waals surface area contributed by atoms with E-state index in [-0.39, 0.29) is 5.41 Å². The van der Waals surface area contributed by atoms with Crippen molar-refractivity contribution in [3.63, 3.8) is 0 Å². The van der Waals surface area contributed by atoms with Crippen molar-refractivity contribution >= 4 is 0 Å². The van der Waals surface area contributed by atoms with Crippen LogP contribution in [0.15, 0.2) is 36.4 Å². The van der Waals surface area contributed by atoms with Gasteiger partial charge >= 0.3 is 0 Å². The van der Waals surface area contributed by atoms with E-state index in [9.17, 15) is 5.11 Å². The molecule has 0 aliphatic heterocycles. The highest BCUT2D eigenvalue weighted by atomic mass is 16.5. The van der Waals surface area contributed by atoms with E-state index >= 15 is 0 Å². The summed E-state index contributed by atoms with van der Waals surface area (Å²) in [6.45, 7) is 13.7. The molecule has 0 atom stereocenters. The predicted octanol–water partition coefficient (Wildman–Crippen LogP) is 11.3. The molecule has 42 heavy (non-hydrogen) atoms. The molecule has 0 saturated heterocycles. The van der Waals surface area contributed by atoms with Gasteiger partial charge in [-0.1, -0.05) is 141 Å². The lowest BCUT2D eigenvalue weighted by atomic mass is 9.68. The molecule has 0 saturated carbocycles. The van der Waals surface area contributed by atoms with Crippen LogP contribution in [-0.2, 0) is 5.41 Å². The van der Waals surface area contributed by atoms with Crippen molar-refractivity contribution in [1.82, 2.24) is 5.32 Å².